The quantitative estimate of drug-likeness (QED) is 0.396. The first-order chi connectivity index (χ1) is 18.0. The van der Waals surface area contributed by atoms with Crippen LogP contribution in [-0.4, -0.2) is 54.7 Å². The number of hydrogen-bond donors (Lipinski definition) is 2. The summed E-state index contributed by atoms with van der Waals surface area (Å²) in [5.41, 5.74) is 9.27. The third kappa shape index (κ3) is 5.70. The van der Waals surface area contributed by atoms with E-state index in [0.717, 1.165) is 16.5 Å². The van der Waals surface area contributed by atoms with Crippen LogP contribution in [0.25, 0.3) is 16.5 Å². The molecule has 1 aromatic heterocycles. The van der Waals surface area contributed by atoms with Crippen molar-refractivity contribution in [2.75, 3.05) is 45.0 Å². The number of carbonyl (C=O) groups is 1. The summed E-state index contributed by atoms with van der Waals surface area (Å²) >= 11 is 0. The number of fused-ring (bicyclic) bond motifs is 1. The first-order valence-corrected chi connectivity index (χ1v) is 12.4. The number of aromatic nitrogens is 2. The van der Waals surface area contributed by atoms with Gasteiger partial charge in [-0.3, -0.25) is 4.79 Å². The molecule has 38 heavy (non-hydrogen) atoms. The topological polar surface area (TPSA) is 103 Å². The Morgan fingerprint density at radius 3 is 2.61 bits per heavy atom. The second-order valence-electron chi connectivity index (χ2n) is 9.53. The largest absolute Gasteiger partial charge is 0.496 e. The van der Waals surface area contributed by atoms with Crippen molar-refractivity contribution in [3.63, 3.8) is 0 Å². The predicted molar refractivity (Wildman–Crippen MR) is 144 cm³/mol. The number of rotatable bonds is 8. The van der Waals surface area contributed by atoms with E-state index in [1.54, 1.807) is 31.9 Å². The highest BCUT2D eigenvalue weighted by atomic mass is 19.3. The number of nitrogens with zero attached hydrogens (tertiary/aromatic N) is 3. The summed E-state index contributed by atoms with van der Waals surface area (Å²) in [6.45, 7) is 5.64. The van der Waals surface area contributed by atoms with Crippen LogP contribution in [0, 0.1) is 6.92 Å². The Labute approximate surface area is 220 Å². The van der Waals surface area contributed by atoms with Crippen molar-refractivity contribution in [3.8, 4) is 5.75 Å². The molecule has 4 rings (SSSR count). The molecule has 1 atom stereocenters. The summed E-state index contributed by atoms with van der Waals surface area (Å²) in [5, 5.41) is 4.14. The van der Waals surface area contributed by atoms with Crippen LogP contribution in [-0.2, 0) is 15.5 Å². The zero-order chi connectivity index (χ0) is 27.6. The molecule has 10 heteroatoms. The lowest BCUT2D eigenvalue weighted by Crippen LogP contribution is -2.32. The zero-order valence-corrected chi connectivity index (χ0v) is 22.3. The summed E-state index contributed by atoms with van der Waals surface area (Å²) in [6.07, 6.45) is 2.73. The second-order valence-corrected chi connectivity index (χ2v) is 9.53. The fourth-order valence-electron chi connectivity index (χ4n) is 4.69. The first-order valence-electron chi connectivity index (χ1n) is 12.4. The maximum Gasteiger partial charge on any atom is 0.296 e. The number of hydrogen-bond acceptors (Lipinski definition) is 7. The van der Waals surface area contributed by atoms with Crippen LogP contribution in [0.2, 0.25) is 0 Å². The molecule has 202 valence electrons. The van der Waals surface area contributed by atoms with Crippen LogP contribution in [0.5, 0.6) is 5.75 Å². The molecule has 3 aromatic rings. The Kier molecular flexibility index (Phi) is 7.82. The number of nitrogens with one attached hydrogen (secondary N) is 1. The number of amides is 1. The highest BCUT2D eigenvalue weighted by Crippen LogP contribution is 2.37. The van der Waals surface area contributed by atoms with E-state index in [4.69, 9.17) is 15.2 Å². The van der Waals surface area contributed by atoms with Crippen molar-refractivity contribution >= 4 is 33.9 Å². The second kappa shape index (κ2) is 10.9. The van der Waals surface area contributed by atoms with Gasteiger partial charge in [-0.2, -0.15) is 8.78 Å². The van der Waals surface area contributed by atoms with Gasteiger partial charge in [-0.1, -0.05) is 6.08 Å². The van der Waals surface area contributed by atoms with E-state index >= 15 is 0 Å². The van der Waals surface area contributed by atoms with E-state index in [9.17, 15) is 13.6 Å². The molecule has 1 aliphatic rings. The number of nitrogen functional groups attached to an aromatic ring is 1. The molecule has 0 fully saturated rings. The van der Waals surface area contributed by atoms with Gasteiger partial charge in [-0.15, -0.1) is 0 Å². The lowest BCUT2D eigenvalue weighted by molar-refractivity contribution is -0.128. The summed E-state index contributed by atoms with van der Waals surface area (Å²) in [6, 6.07) is 7.83. The van der Waals surface area contributed by atoms with E-state index in [0.29, 0.717) is 48.0 Å². The number of methoxy groups -OCH3 is 2. The Balaban J connectivity index is 1.73. The van der Waals surface area contributed by atoms with Crippen molar-refractivity contribution in [2.24, 2.45) is 0 Å². The number of halogens is 2. The molecule has 0 saturated heterocycles. The van der Waals surface area contributed by atoms with Crippen molar-refractivity contribution < 1.29 is 23.0 Å². The van der Waals surface area contributed by atoms with E-state index in [1.807, 2.05) is 25.1 Å². The van der Waals surface area contributed by atoms with Crippen LogP contribution in [0.4, 0.5) is 20.3 Å². The highest BCUT2D eigenvalue weighted by Gasteiger charge is 2.32. The number of aryl methyl sites for hydroxylation is 1. The Hall–Kier alpha value is -3.79. The summed E-state index contributed by atoms with van der Waals surface area (Å²) in [7, 11) is 2.85. The number of carbonyl (C=O) groups excluding carboxylic acids is 1. The molecule has 0 radical (unpaired) electrons. The van der Waals surface area contributed by atoms with Gasteiger partial charge in [0.2, 0.25) is 5.91 Å². The van der Waals surface area contributed by atoms with Crippen LogP contribution >= 0.6 is 0 Å². The van der Waals surface area contributed by atoms with E-state index in [2.05, 4.69) is 15.3 Å². The maximum atomic E-state index is 14.6. The Morgan fingerprint density at radius 1 is 1.21 bits per heavy atom. The van der Waals surface area contributed by atoms with Gasteiger partial charge < -0.3 is 25.4 Å². The molecule has 8 nitrogen and oxygen atoms in total. The van der Waals surface area contributed by atoms with Crippen molar-refractivity contribution in [1.29, 1.82) is 0 Å². The van der Waals surface area contributed by atoms with Gasteiger partial charge in [0.25, 0.3) is 5.92 Å². The summed E-state index contributed by atoms with van der Waals surface area (Å²) in [4.78, 5) is 22.8. The van der Waals surface area contributed by atoms with Crippen molar-refractivity contribution in [2.45, 2.75) is 39.2 Å². The number of benzene rings is 2. The number of alkyl halides is 2. The third-order valence-corrected chi connectivity index (χ3v) is 6.71. The highest BCUT2D eigenvalue weighted by molar-refractivity contribution is 5.94. The summed E-state index contributed by atoms with van der Waals surface area (Å²) < 4.78 is 39.5. The zero-order valence-electron chi connectivity index (χ0n) is 22.3. The fraction of sp³-hybridized carbons (Fsp3) is 0.393. The fourth-order valence-corrected chi connectivity index (χ4v) is 4.69. The van der Waals surface area contributed by atoms with Crippen LogP contribution in [0.15, 0.2) is 36.4 Å². The lowest BCUT2D eigenvalue weighted by atomic mass is 9.96. The SMILES string of the molecule is COCC(F)(F)c1cc(N)cc([C@@H](C)Nc2nc(C)nc3cc(OC)c(C4=CCN(C(C)=O)CC4)cc23)c1. The van der Waals surface area contributed by atoms with Crippen molar-refractivity contribution in [3.05, 3.63) is 58.9 Å². The van der Waals surface area contributed by atoms with Gasteiger partial charge in [0.1, 0.15) is 24.0 Å². The molecular weight excluding hydrogens is 492 g/mol. The predicted octanol–water partition coefficient (Wildman–Crippen LogP) is 5.08. The minimum absolute atomic E-state index is 0.0415. The molecular formula is C28H33F2N5O3. The van der Waals surface area contributed by atoms with E-state index in [1.165, 1.54) is 19.2 Å². The lowest BCUT2D eigenvalue weighted by Gasteiger charge is -2.26. The smallest absolute Gasteiger partial charge is 0.296 e. The molecule has 0 unspecified atom stereocenters. The molecule has 0 aliphatic carbocycles. The standard InChI is InChI=1S/C28H33F2N5O3/c1-16(20-10-21(12-22(31)11-20)28(29,30)15-37-4)32-27-24-13-23(19-6-8-35(9-7-19)18(3)36)26(38-5)14-25(24)33-17(2)34-27/h6,10-14,16H,7-9,15,31H2,1-5H3,(H,32,33,34)/t16-/m1/s1. The molecule has 2 heterocycles. The Morgan fingerprint density at radius 2 is 1.97 bits per heavy atom. The van der Waals surface area contributed by atoms with Gasteiger partial charge in [-0.05, 0) is 55.7 Å². The van der Waals surface area contributed by atoms with Gasteiger partial charge in [0.15, 0.2) is 0 Å². The molecule has 0 saturated carbocycles. The number of anilines is 2. The number of nitrogens with two attached hydrogens (primary N) is 1. The molecule has 2 aromatic carbocycles. The minimum Gasteiger partial charge on any atom is -0.496 e. The summed E-state index contributed by atoms with van der Waals surface area (Å²) in [5.74, 6) is -1.33. The van der Waals surface area contributed by atoms with Gasteiger partial charge in [-0.25, -0.2) is 9.97 Å². The molecule has 0 spiro atoms. The van der Waals surface area contributed by atoms with Gasteiger partial charge in [0.05, 0.1) is 18.7 Å². The molecule has 3 N–H and O–H groups in total. The maximum absolute atomic E-state index is 14.6. The third-order valence-electron chi connectivity index (χ3n) is 6.71. The van der Waals surface area contributed by atoms with Crippen LogP contribution in [0.1, 0.15) is 48.8 Å². The average Bonchev–Trinajstić information content (AvgIpc) is 2.87. The monoisotopic (exact) mass is 525 g/mol. The number of ether oxygens (including phenoxy) is 2. The average molecular weight is 526 g/mol. The van der Waals surface area contributed by atoms with Crippen LogP contribution < -0.4 is 15.8 Å². The van der Waals surface area contributed by atoms with Gasteiger partial charge >= 0.3 is 0 Å². The first kappa shape index (κ1) is 27.3. The van der Waals surface area contributed by atoms with Crippen molar-refractivity contribution in [1.82, 2.24) is 14.9 Å². The molecule has 1 aliphatic heterocycles. The Bertz CT molecular complexity index is 1390. The minimum atomic E-state index is -3.17. The van der Waals surface area contributed by atoms with E-state index < -0.39 is 18.6 Å². The van der Waals surface area contributed by atoms with Gasteiger partial charge in [0, 0.05) is 55.4 Å². The molecule has 0 bridgehead atoms. The van der Waals surface area contributed by atoms with E-state index in [-0.39, 0.29) is 17.2 Å². The van der Waals surface area contributed by atoms with Crippen LogP contribution in [0.3, 0.4) is 0 Å². The normalized spacial score (nSPS) is 14.8. The molecule has 1 amide bonds.